The van der Waals surface area contributed by atoms with E-state index in [9.17, 15) is 0 Å². The summed E-state index contributed by atoms with van der Waals surface area (Å²) >= 11 is 0. The van der Waals surface area contributed by atoms with Crippen LogP contribution in [0.4, 0.5) is 0 Å². The highest BCUT2D eigenvalue weighted by molar-refractivity contribution is 5.55. The molecule has 0 fully saturated rings. The molecule has 1 aliphatic heterocycles. The third kappa shape index (κ3) is 1.48. The average molecular weight is 196 g/mol. The highest BCUT2D eigenvalue weighted by Gasteiger charge is 2.19. The lowest BCUT2D eigenvalue weighted by Crippen LogP contribution is -2.51. The van der Waals surface area contributed by atoms with Gasteiger partial charge in [-0.1, -0.05) is 0 Å². The van der Waals surface area contributed by atoms with E-state index < -0.39 is 0 Å². The van der Waals surface area contributed by atoms with Gasteiger partial charge in [0.2, 0.25) is 12.5 Å². The molecule has 1 heterocycles. The summed E-state index contributed by atoms with van der Waals surface area (Å²) in [5, 5.41) is 0. The van der Waals surface area contributed by atoms with Crippen molar-refractivity contribution in [2.45, 2.75) is 6.42 Å². The van der Waals surface area contributed by atoms with Crippen LogP contribution in [0.15, 0.2) is 12.1 Å². The first-order chi connectivity index (χ1) is 6.85. The molecular formula is C10H14NO3+. The summed E-state index contributed by atoms with van der Waals surface area (Å²) in [6, 6.07) is 3.95. The number of fused-ring (bicyclic) bond motifs is 1. The molecule has 0 radical (unpaired) electrons. The summed E-state index contributed by atoms with van der Waals surface area (Å²) in [7, 11) is 1.63. The molecule has 0 aliphatic carbocycles. The van der Waals surface area contributed by atoms with Gasteiger partial charge in [-0.2, -0.15) is 0 Å². The Morgan fingerprint density at radius 2 is 2.29 bits per heavy atom. The molecule has 0 bridgehead atoms. The molecule has 1 aromatic rings. The Bertz CT molecular complexity index is 338. The van der Waals surface area contributed by atoms with Crippen molar-refractivity contribution >= 4 is 0 Å². The maximum Gasteiger partial charge on any atom is 0.231 e. The summed E-state index contributed by atoms with van der Waals surface area (Å²) < 4.78 is 15.8. The predicted octanol–water partition coefficient (Wildman–Crippen LogP) is 0.208. The lowest BCUT2D eigenvalue weighted by molar-refractivity contribution is -0.366. The second kappa shape index (κ2) is 3.75. The van der Waals surface area contributed by atoms with Gasteiger partial charge >= 0.3 is 0 Å². The van der Waals surface area contributed by atoms with Gasteiger partial charge < -0.3 is 19.9 Å². The normalized spacial score (nSPS) is 13.0. The first-order valence-electron chi connectivity index (χ1n) is 4.61. The fourth-order valence-corrected chi connectivity index (χ4v) is 1.53. The Kier molecular flexibility index (Phi) is 2.45. The topological polar surface area (TPSA) is 55.3 Å². The maximum absolute atomic E-state index is 5.31. The van der Waals surface area contributed by atoms with Gasteiger partial charge in [-0.3, -0.25) is 0 Å². The number of hydrogen-bond donors (Lipinski definition) is 1. The lowest BCUT2D eigenvalue weighted by atomic mass is 10.1. The molecule has 1 aromatic carbocycles. The van der Waals surface area contributed by atoms with E-state index >= 15 is 0 Å². The second-order valence-corrected chi connectivity index (χ2v) is 3.14. The quantitative estimate of drug-likeness (QED) is 0.751. The summed E-state index contributed by atoms with van der Waals surface area (Å²) in [5.74, 6) is 2.22. The molecule has 0 unspecified atom stereocenters. The van der Waals surface area contributed by atoms with Crippen LogP contribution in [0, 0.1) is 0 Å². The van der Waals surface area contributed by atoms with Crippen LogP contribution in [-0.4, -0.2) is 20.4 Å². The van der Waals surface area contributed by atoms with E-state index in [0.29, 0.717) is 5.75 Å². The van der Waals surface area contributed by atoms with Crippen molar-refractivity contribution in [3.8, 4) is 17.2 Å². The molecule has 4 heteroatoms. The standard InChI is InChI=1S/C10H13NO3/c1-12-8-4-7(2-3-11)5-9-10(8)14-6-13-9/h4-5H,2-3,6,11H2,1H3/p+1. The van der Waals surface area contributed by atoms with Gasteiger partial charge in [0, 0.05) is 6.42 Å². The number of hydrogen-bond acceptors (Lipinski definition) is 3. The van der Waals surface area contributed by atoms with Gasteiger partial charge in [-0.15, -0.1) is 0 Å². The second-order valence-electron chi connectivity index (χ2n) is 3.14. The summed E-state index contributed by atoms with van der Waals surface area (Å²) in [4.78, 5) is 0. The van der Waals surface area contributed by atoms with E-state index in [2.05, 4.69) is 5.73 Å². The molecule has 4 nitrogen and oxygen atoms in total. The van der Waals surface area contributed by atoms with E-state index in [-0.39, 0.29) is 6.79 Å². The largest absolute Gasteiger partial charge is 0.493 e. The smallest absolute Gasteiger partial charge is 0.231 e. The van der Waals surface area contributed by atoms with Crippen LogP contribution in [0.3, 0.4) is 0 Å². The van der Waals surface area contributed by atoms with Gasteiger partial charge in [0.05, 0.1) is 13.7 Å². The fraction of sp³-hybridized carbons (Fsp3) is 0.400. The van der Waals surface area contributed by atoms with Gasteiger partial charge in [0.15, 0.2) is 11.5 Å². The van der Waals surface area contributed by atoms with Gasteiger partial charge in [-0.05, 0) is 17.7 Å². The highest BCUT2D eigenvalue weighted by atomic mass is 16.7. The van der Waals surface area contributed by atoms with Crippen molar-refractivity contribution in [1.82, 2.24) is 0 Å². The Labute approximate surface area is 82.6 Å². The molecule has 0 spiro atoms. The SMILES string of the molecule is COc1cc(CC[NH3+])cc2c1OCO2. The first-order valence-corrected chi connectivity index (χ1v) is 4.61. The molecule has 1 aliphatic rings. The molecule has 14 heavy (non-hydrogen) atoms. The lowest BCUT2D eigenvalue weighted by Gasteiger charge is -2.06. The third-order valence-corrected chi connectivity index (χ3v) is 2.18. The minimum absolute atomic E-state index is 0.277. The summed E-state index contributed by atoms with van der Waals surface area (Å²) in [6.07, 6.45) is 0.924. The van der Waals surface area contributed by atoms with E-state index in [1.807, 2.05) is 12.1 Å². The maximum atomic E-state index is 5.31. The summed E-state index contributed by atoms with van der Waals surface area (Å²) in [6.45, 7) is 1.14. The zero-order valence-corrected chi connectivity index (χ0v) is 8.21. The summed E-state index contributed by atoms with van der Waals surface area (Å²) in [5.41, 5.74) is 4.98. The Hall–Kier alpha value is -1.42. The Morgan fingerprint density at radius 1 is 1.43 bits per heavy atom. The van der Waals surface area contributed by atoms with Crippen molar-refractivity contribution in [2.75, 3.05) is 20.4 Å². The molecule has 0 saturated carbocycles. The predicted molar refractivity (Wildman–Crippen MR) is 50.6 cm³/mol. The van der Waals surface area contributed by atoms with Crippen molar-refractivity contribution in [2.24, 2.45) is 0 Å². The van der Waals surface area contributed by atoms with Crippen LogP contribution in [0.25, 0.3) is 0 Å². The highest BCUT2D eigenvalue weighted by Crippen LogP contribution is 2.41. The van der Waals surface area contributed by atoms with E-state index in [4.69, 9.17) is 14.2 Å². The number of methoxy groups -OCH3 is 1. The minimum Gasteiger partial charge on any atom is -0.493 e. The van der Waals surface area contributed by atoms with E-state index in [0.717, 1.165) is 24.5 Å². The molecule has 76 valence electrons. The van der Waals surface area contributed by atoms with Gasteiger partial charge in [-0.25, -0.2) is 0 Å². The van der Waals surface area contributed by atoms with Gasteiger partial charge in [0.25, 0.3) is 0 Å². The zero-order chi connectivity index (χ0) is 9.97. The zero-order valence-electron chi connectivity index (χ0n) is 8.21. The van der Waals surface area contributed by atoms with Crippen LogP contribution in [-0.2, 0) is 6.42 Å². The molecule has 0 atom stereocenters. The van der Waals surface area contributed by atoms with Crippen molar-refractivity contribution in [3.63, 3.8) is 0 Å². The number of ether oxygens (including phenoxy) is 3. The molecule has 0 saturated heterocycles. The Morgan fingerprint density at radius 3 is 3.00 bits per heavy atom. The van der Waals surface area contributed by atoms with Crippen molar-refractivity contribution in [3.05, 3.63) is 17.7 Å². The Balaban J connectivity index is 2.39. The van der Waals surface area contributed by atoms with Crippen LogP contribution in [0.1, 0.15) is 5.56 Å². The van der Waals surface area contributed by atoms with Crippen LogP contribution in [0.5, 0.6) is 17.2 Å². The monoisotopic (exact) mass is 196 g/mol. The third-order valence-electron chi connectivity index (χ3n) is 2.18. The first kappa shape index (κ1) is 9.15. The van der Waals surface area contributed by atoms with Crippen LogP contribution in [0.2, 0.25) is 0 Å². The minimum atomic E-state index is 0.277. The molecule has 0 amide bonds. The van der Waals surface area contributed by atoms with Crippen molar-refractivity contribution in [1.29, 1.82) is 0 Å². The van der Waals surface area contributed by atoms with E-state index in [1.165, 1.54) is 5.56 Å². The average Bonchev–Trinajstić information content (AvgIpc) is 2.65. The number of benzene rings is 1. The van der Waals surface area contributed by atoms with Gasteiger partial charge in [0.1, 0.15) is 0 Å². The molecular weight excluding hydrogens is 182 g/mol. The van der Waals surface area contributed by atoms with Crippen LogP contribution < -0.4 is 19.9 Å². The fourth-order valence-electron chi connectivity index (χ4n) is 1.53. The molecule has 0 aromatic heterocycles. The van der Waals surface area contributed by atoms with Crippen molar-refractivity contribution < 1.29 is 19.9 Å². The van der Waals surface area contributed by atoms with Crippen LogP contribution >= 0.6 is 0 Å². The number of rotatable bonds is 3. The molecule has 2 rings (SSSR count). The van der Waals surface area contributed by atoms with E-state index in [1.54, 1.807) is 7.11 Å². The molecule has 3 N–H and O–H groups in total. The number of quaternary nitrogens is 1.